The van der Waals surface area contributed by atoms with Gasteiger partial charge in [0.2, 0.25) is 5.91 Å². The molecule has 4 N–H and O–H groups in total. The van der Waals surface area contributed by atoms with Crippen molar-refractivity contribution in [1.82, 2.24) is 20.4 Å². The van der Waals surface area contributed by atoms with Crippen molar-refractivity contribution >= 4 is 52.6 Å². The Hall–Kier alpha value is -2.41. The zero-order valence-electron chi connectivity index (χ0n) is 15.5. The number of hydrogen-bond donors (Lipinski definition) is 3. The summed E-state index contributed by atoms with van der Waals surface area (Å²) in [6, 6.07) is 8.48. The summed E-state index contributed by atoms with van der Waals surface area (Å²) in [7, 11) is 0. The Morgan fingerprint density at radius 2 is 2.07 bits per heavy atom. The molecule has 30 heavy (non-hydrogen) atoms. The molecule has 9 nitrogen and oxygen atoms in total. The Kier molecular flexibility index (Phi) is 6.09. The molecule has 3 heterocycles. The van der Waals surface area contributed by atoms with E-state index >= 15 is 0 Å². The molecule has 1 saturated heterocycles. The zero-order chi connectivity index (χ0) is 21.3. The van der Waals surface area contributed by atoms with E-state index in [9.17, 15) is 19.5 Å². The van der Waals surface area contributed by atoms with E-state index in [4.69, 9.17) is 5.73 Å². The molecule has 156 valence electrons. The molecule has 2 aliphatic rings. The Morgan fingerprint density at radius 3 is 2.73 bits per heavy atom. The van der Waals surface area contributed by atoms with Gasteiger partial charge in [-0.05, 0) is 5.56 Å². The number of amides is 2. The van der Waals surface area contributed by atoms with Crippen LogP contribution in [-0.4, -0.2) is 55.2 Å². The van der Waals surface area contributed by atoms with Crippen molar-refractivity contribution in [3.63, 3.8) is 0 Å². The van der Waals surface area contributed by atoms with Crippen molar-refractivity contribution in [2.75, 3.05) is 5.75 Å². The van der Waals surface area contributed by atoms with Crippen LogP contribution >= 0.6 is 34.9 Å². The first-order chi connectivity index (χ1) is 14.5. The Labute approximate surface area is 184 Å². The number of aromatic nitrogens is 2. The number of aliphatic carboxylic acids is 1. The quantitative estimate of drug-likeness (QED) is 0.514. The van der Waals surface area contributed by atoms with Crippen LogP contribution in [0.2, 0.25) is 0 Å². The van der Waals surface area contributed by atoms with E-state index in [0.29, 0.717) is 20.0 Å². The maximum atomic E-state index is 12.7. The predicted octanol–water partition coefficient (Wildman–Crippen LogP) is 1.03. The molecular weight excluding hydrogens is 446 g/mol. The second-order valence-electron chi connectivity index (χ2n) is 6.46. The monoisotopic (exact) mass is 463 g/mol. The number of nitrogens with two attached hydrogens (primary N) is 1. The Bertz CT molecular complexity index is 1030. The minimum atomic E-state index is -1.19. The summed E-state index contributed by atoms with van der Waals surface area (Å²) in [5, 5.41) is 20.6. The summed E-state index contributed by atoms with van der Waals surface area (Å²) >= 11 is 3.89. The number of carbonyl (C=O) groups excluding carboxylic acids is 2. The third-order valence-electron chi connectivity index (χ3n) is 4.49. The maximum absolute atomic E-state index is 12.7. The molecule has 1 aromatic carbocycles. The van der Waals surface area contributed by atoms with Gasteiger partial charge in [-0.2, -0.15) is 0 Å². The van der Waals surface area contributed by atoms with Gasteiger partial charge in [0.1, 0.15) is 22.1 Å². The number of carboxylic acid groups (broad SMARTS) is 1. The normalized spacial score (nSPS) is 20.6. The number of thioether (sulfide) groups is 2. The van der Waals surface area contributed by atoms with Crippen LogP contribution in [-0.2, 0) is 27.3 Å². The highest BCUT2D eigenvalue weighted by Gasteiger charge is 2.54. The van der Waals surface area contributed by atoms with E-state index in [0.717, 1.165) is 5.56 Å². The highest BCUT2D eigenvalue weighted by molar-refractivity contribution is 8.07. The number of β-lactam (4-membered cyclic amide) rings is 1. The third kappa shape index (κ3) is 4.08. The van der Waals surface area contributed by atoms with Crippen molar-refractivity contribution < 1.29 is 19.5 Å². The number of benzene rings is 1. The van der Waals surface area contributed by atoms with E-state index in [1.165, 1.54) is 39.8 Å². The molecule has 0 radical (unpaired) electrons. The minimum absolute atomic E-state index is 0.0631. The van der Waals surface area contributed by atoms with E-state index in [2.05, 4.69) is 15.5 Å². The number of carbonyl (C=O) groups is 3. The second-order valence-corrected chi connectivity index (χ2v) is 9.97. The zero-order valence-corrected chi connectivity index (χ0v) is 17.9. The fourth-order valence-electron chi connectivity index (χ4n) is 3.14. The lowest BCUT2D eigenvalue weighted by Gasteiger charge is -2.49. The van der Waals surface area contributed by atoms with Crippen molar-refractivity contribution in [1.29, 1.82) is 0 Å². The van der Waals surface area contributed by atoms with Crippen LogP contribution in [0, 0.1) is 0 Å². The molecular formula is C18H17N5O4S3. The summed E-state index contributed by atoms with van der Waals surface area (Å²) in [6.07, 6.45) is 0.158. The number of hydrogen-bond acceptors (Lipinski definition) is 9. The molecule has 0 saturated carbocycles. The lowest BCUT2D eigenvalue weighted by atomic mass is 10.0. The van der Waals surface area contributed by atoms with Crippen molar-refractivity contribution in [2.24, 2.45) is 5.73 Å². The van der Waals surface area contributed by atoms with Gasteiger partial charge in [0, 0.05) is 17.2 Å². The molecule has 2 atom stereocenters. The molecule has 0 unspecified atom stereocenters. The van der Waals surface area contributed by atoms with Gasteiger partial charge >= 0.3 is 5.97 Å². The first-order valence-corrected chi connectivity index (χ1v) is 11.6. The average molecular weight is 464 g/mol. The molecule has 2 amide bonds. The van der Waals surface area contributed by atoms with Gasteiger partial charge in [0.05, 0.1) is 6.42 Å². The summed E-state index contributed by atoms with van der Waals surface area (Å²) in [4.78, 5) is 38.7. The number of rotatable bonds is 7. The molecule has 0 spiro atoms. The number of nitrogens with one attached hydrogen (secondary N) is 1. The van der Waals surface area contributed by atoms with Gasteiger partial charge in [-0.25, -0.2) is 4.79 Å². The SMILES string of the molecule is NCc1nnc(SC2=C(C(=O)O)N3C(=O)[C@@H](NC(=O)Cc4ccccc4)[C@H]3SC2)s1. The largest absolute Gasteiger partial charge is 0.477 e. The average Bonchev–Trinajstić information content (AvgIpc) is 3.20. The van der Waals surface area contributed by atoms with Crippen LogP contribution in [0.1, 0.15) is 10.6 Å². The van der Waals surface area contributed by atoms with Crippen LogP contribution in [0.4, 0.5) is 0 Å². The van der Waals surface area contributed by atoms with Crippen LogP contribution in [0.25, 0.3) is 0 Å². The van der Waals surface area contributed by atoms with E-state index in [1.54, 1.807) is 0 Å². The molecule has 2 aliphatic heterocycles. The second kappa shape index (κ2) is 8.76. The summed E-state index contributed by atoms with van der Waals surface area (Å²) in [5.74, 6) is -1.50. The summed E-state index contributed by atoms with van der Waals surface area (Å²) < 4.78 is 0.573. The Morgan fingerprint density at radius 1 is 1.30 bits per heavy atom. The van der Waals surface area contributed by atoms with Gasteiger partial charge in [0.15, 0.2) is 4.34 Å². The fourth-order valence-corrected chi connectivity index (χ4v) is 6.56. The van der Waals surface area contributed by atoms with E-state index in [1.807, 2.05) is 30.3 Å². The summed E-state index contributed by atoms with van der Waals surface area (Å²) in [5.41, 5.74) is 6.32. The van der Waals surface area contributed by atoms with Crippen LogP contribution < -0.4 is 11.1 Å². The molecule has 1 aromatic heterocycles. The van der Waals surface area contributed by atoms with Crippen molar-refractivity contribution in [3.8, 4) is 0 Å². The van der Waals surface area contributed by atoms with Crippen LogP contribution in [0.5, 0.6) is 0 Å². The van der Waals surface area contributed by atoms with E-state index < -0.39 is 23.3 Å². The highest BCUT2D eigenvalue weighted by Crippen LogP contribution is 2.45. The molecule has 0 aliphatic carbocycles. The predicted molar refractivity (Wildman–Crippen MR) is 113 cm³/mol. The van der Waals surface area contributed by atoms with Gasteiger partial charge in [-0.1, -0.05) is 53.4 Å². The fraction of sp³-hybridized carbons (Fsp3) is 0.278. The topological polar surface area (TPSA) is 139 Å². The Balaban J connectivity index is 1.47. The maximum Gasteiger partial charge on any atom is 0.353 e. The first kappa shape index (κ1) is 20.8. The third-order valence-corrected chi connectivity index (χ3v) is 8.04. The molecule has 1 fully saturated rings. The van der Waals surface area contributed by atoms with Gasteiger partial charge in [-0.3, -0.25) is 14.5 Å². The molecule has 0 bridgehead atoms. The molecule has 12 heteroatoms. The van der Waals surface area contributed by atoms with Crippen LogP contribution in [0.3, 0.4) is 0 Å². The summed E-state index contributed by atoms with van der Waals surface area (Å²) in [6.45, 7) is 0.259. The standard InChI is InChI=1S/C18H17N5O4S3/c19-7-12-21-22-18(30-12)29-10-8-28-16-13(15(25)23(16)14(10)17(26)27)20-11(24)6-9-4-2-1-3-5-9/h1-5,13,16H,6-8,19H2,(H,20,24)(H,26,27)/t13-,16-/m1/s1. The van der Waals surface area contributed by atoms with Crippen LogP contribution in [0.15, 0.2) is 45.3 Å². The minimum Gasteiger partial charge on any atom is -0.477 e. The molecule has 2 aromatic rings. The van der Waals surface area contributed by atoms with Crippen molar-refractivity contribution in [2.45, 2.75) is 28.7 Å². The van der Waals surface area contributed by atoms with Gasteiger partial charge < -0.3 is 16.2 Å². The van der Waals surface area contributed by atoms with Gasteiger partial charge in [-0.15, -0.1) is 22.0 Å². The molecule has 4 rings (SSSR count). The lowest BCUT2D eigenvalue weighted by Crippen LogP contribution is -2.70. The smallest absolute Gasteiger partial charge is 0.353 e. The number of nitrogens with zero attached hydrogens (tertiary/aromatic N) is 3. The van der Waals surface area contributed by atoms with Gasteiger partial charge in [0.25, 0.3) is 5.91 Å². The number of fused-ring (bicyclic) bond motifs is 1. The highest BCUT2D eigenvalue weighted by atomic mass is 32.2. The number of carboxylic acids is 1. The van der Waals surface area contributed by atoms with E-state index in [-0.39, 0.29) is 24.6 Å². The first-order valence-electron chi connectivity index (χ1n) is 8.92. The lowest BCUT2D eigenvalue weighted by molar-refractivity contribution is -0.150. The van der Waals surface area contributed by atoms with Crippen molar-refractivity contribution in [3.05, 3.63) is 51.5 Å².